The van der Waals surface area contributed by atoms with Gasteiger partial charge < -0.3 is 10.1 Å². The molecule has 0 unspecified atom stereocenters. The predicted octanol–water partition coefficient (Wildman–Crippen LogP) is 2.46. The predicted molar refractivity (Wildman–Crippen MR) is 98.5 cm³/mol. The summed E-state index contributed by atoms with van der Waals surface area (Å²) in [6, 6.07) is 8.06. The van der Waals surface area contributed by atoms with Crippen LogP contribution in [0.3, 0.4) is 0 Å². The molecule has 1 atom stereocenters. The first-order valence-corrected chi connectivity index (χ1v) is 8.98. The molecule has 0 fully saturated rings. The van der Waals surface area contributed by atoms with Crippen LogP contribution in [0.2, 0.25) is 0 Å². The molecular weight excluding hydrogens is 330 g/mol. The second-order valence-electron chi connectivity index (χ2n) is 6.88. The van der Waals surface area contributed by atoms with Crippen molar-refractivity contribution in [1.82, 2.24) is 15.1 Å². The third-order valence-electron chi connectivity index (χ3n) is 4.88. The molecule has 3 rings (SSSR count). The summed E-state index contributed by atoms with van der Waals surface area (Å²) < 4.78 is 7.38. The molecule has 2 aromatic rings. The van der Waals surface area contributed by atoms with Crippen LogP contribution in [0.15, 0.2) is 24.3 Å². The molecule has 138 valence electrons. The molecule has 0 spiro atoms. The van der Waals surface area contributed by atoms with E-state index in [1.54, 1.807) is 11.6 Å². The van der Waals surface area contributed by atoms with Gasteiger partial charge in [0.15, 0.2) is 5.78 Å². The maximum Gasteiger partial charge on any atom is 0.241 e. The zero-order valence-corrected chi connectivity index (χ0v) is 15.5. The first-order valence-electron chi connectivity index (χ1n) is 8.98. The Bertz CT molecular complexity index is 826. The van der Waals surface area contributed by atoms with Crippen LogP contribution in [-0.2, 0) is 17.8 Å². The number of aryl methyl sites for hydroxylation is 1. The molecule has 0 aliphatic carbocycles. The molecule has 2 heterocycles. The van der Waals surface area contributed by atoms with Crippen molar-refractivity contribution in [3.8, 4) is 5.75 Å². The first-order chi connectivity index (χ1) is 12.5. The molecule has 0 saturated carbocycles. The van der Waals surface area contributed by atoms with E-state index in [1.165, 1.54) is 12.5 Å². The van der Waals surface area contributed by atoms with Gasteiger partial charge in [-0.05, 0) is 51.2 Å². The van der Waals surface area contributed by atoms with Crippen LogP contribution in [0, 0.1) is 19.8 Å². The van der Waals surface area contributed by atoms with Gasteiger partial charge in [0.25, 0.3) is 0 Å². The third-order valence-corrected chi connectivity index (χ3v) is 4.88. The van der Waals surface area contributed by atoms with Crippen molar-refractivity contribution in [3.63, 3.8) is 0 Å². The fraction of sp³-hybridized carbons (Fsp3) is 0.450. The second kappa shape index (κ2) is 7.72. The second-order valence-corrected chi connectivity index (χ2v) is 6.88. The summed E-state index contributed by atoms with van der Waals surface area (Å²) in [5, 5.41) is 7.33. The highest BCUT2D eigenvalue weighted by Gasteiger charge is 2.20. The van der Waals surface area contributed by atoms with Crippen LogP contribution in [-0.4, -0.2) is 34.6 Å². The normalized spacial score (nSPS) is 16.3. The Kier molecular flexibility index (Phi) is 5.40. The smallest absolute Gasteiger partial charge is 0.241 e. The number of nitrogens with zero attached hydrogens (tertiary/aromatic N) is 2. The lowest BCUT2D eigenvalue weighted by Crippen LogP contribution is -2.33. The van der Waals surface area contributed by atoms with E-state index in [-0.39, 0.29) is 18.2 Å². The average Bonchev–Trinajstić information content (AvgIpc) is 2.77. The Hall–Kier alpha value is -2.63. The number of carbonyl (C=O) groups is 2. The number of para-hydroxylation sites is 1. The molecule has 1 amide bonds. The molecule has 26 heavy (non-hydrogen) atoms. The molecule has 1 aliphatic rings. The number of ether oxygens (including phenoxy) is 1. The van der Waals surface area contributed by atoms with Gasteiger partial charge in [0.2, 0.25) is 5.91 Å². The lowest BCUT2D eigenvalue weighted by atomic mass is 9.97. The fourth-order valence-corrected chi connectivity index (χ4v) is 3.55. The SMILES string of the molecule is CC(=O)c1c(C)nn(CC(=O)NC[C@@H]2CCOc3ccccc3C2)c1C. The van der Waals surface area contributed by atoms with Gasteiger partial charge in [0.1, 0.15) is 12.3 Å². The van der Waals surface area contributed by atoms with Gasteiger partial charge in [0.05, 0.1) is 17.9 Å². The molecule has 6 nitrogen and oxygen atoms in total. The maximum atomic E-state index is 12.3. The minimum Gasteiger partial charge on any atom is -0.493 e. The summed E-state index contributed by atoms with van der Waals surface area (Å²) in [6.45, 7) is 6.53. The highest BCUT2D eigenvalue weighted by atomic mass is 16.5. The summed E-state index contributed by atoms with van der Waals surface area (Å²) in [5.41, 5.74) is 3.20. The van der Waals surface area contributed by atoms with Gasteiger partial charge in [-0.1, -0.05) is 18.2 Å². The Morgan fingerprint density at radius 2 is 2.08 bits per heavy atom. The quantitative estimate of drug-likeness (QED) is 0.836. The van der Waals surface area contributed by atoms with E-state index in [9.17, 15) is 9.59 Å². The van der Waals surface area contributed by atoms with Gasteiger partial charge in [0, 0.05) is 12.2 Å². The average molecular weight is 355 g/mol. The molecule has 0 radical (unpaired) electrons. The number of amides is 1. The van der Waals surface area contributed by atoms with Crippen LogP contribution in [0.25, 0.3) is 0 Å². The number of aromatic nitrogens is 2. The highest BCUT2D eigenvalue weighted by Crippen LogP contribution is 2.26. The molecule has 1 aromatic carbocycles. The number of carbonyl (C=O) groups excluding carboxylic acids is 2. The molecule has 1 aromatic heterocycles. The highest BCUT2D eigenvalue weighted by molar-refractivity contribution is 5.96. The summed E-state index contributed by atoms with van der Waals surface area (Å²) in [7, 11) is 0. The van der Waals surface area contributed by atoms with Crippen LogP contribution in [0.1, 0.15) is 40.7 Å². The number of ketones is 1. The van der Waals surface area contributed by atoms with Crippen molar-refractivity contribution < 1.29 is 14.3 Å². The molecular formula is C20H25N3O3. The van der Waals surface area contributed by atoms with Gasteiger partial charge in [-0.2, -0.15) is 5.10 Å². The Morgan fingerprint density at radius 1 is 1.31 bits per heavy atom. The minimum absolute atomic E-state index is 0.0243. The van der Waals surface area contributed by atoms with E-state index in [1.807, 2.05) is 25.1 Å². The van der Waals surface area contributed by atoms with Gasteiger partial charge >= 0.3 is 0 Å². The number of fused-ring (bicyclic) bond motifs is 1. The van der Waals surface area contributed by atoms with Crippen molar-refractivity contribution in [3.05, 3.63) is 46.8 Å². The van der Waals surface area contributed by atoms with Gasteiger partial charge in [-0.15, -0.1) is 0 Å². The monoisotopic (exact) mass is 355 g/mol. The summed E-state index contributed by atoms with van der Waals surface area (Å²) in [4.78, 5) is 24.0. The third kappa shape index (κ3) is 3.95. The van der Waals surface area contributed by atoms with E-state index in [0.29, 0.717) is 30.3 Å². The minimum atomic E-state index is -0.0934. The topological polar surface area (TPSA) is 73.2 Å². The van der Waals surface area contributed by atoms with Crippen LogP contribution < -0.4 is 10.1 Å². The summed E-state index contributed by atoms with van der Waals surface area (Å²) >= 11 is 0. The molecule has 0 bridgehead atoms. The van der Waals surface area contributed by atoms with E-state index >= 15 is 0 Å². The lowest BCUT2D eigenvalue weighted by Gasteiger charge is -2.15. The molecule has 0 saturated heterocycles. The van der Waals surface area contributed by atoms with Gasteiger partial charge in [-0.3, -0.25) is 14.3 Å². The van der Waals surface area contributed by atoms with Crippen LogP contribution in [0.4, 0.5) is 0 Å². The maximum absolute atomic E-state index is 12.3. The Balaban J connectivity index is 1.58. The lowest BCUT2D eigenvalue weighted by molar-refractivity contribution is -0.122. The number of hydrogen-bond donors (Lipinski definition) is 1. The first kappa shape index (κ1) is 18.2. The number of rotatable bonds is 5. The summed E-state index contributed by atoms with van der Waals surface area (Å²) in [6.07, 6.45) is 1.80. The standard InChI is InChI=1S/C20H25N3O3/c1-13-20(15(3)24)14(2)23(22-13)12-19(25)21-11-16-8-9-26-18-7-5-4-6-17(18)10-16/h4-7,16H,8-12H2,1-3H3,(H,21,25)/t16-/m1/s1. The van der Waals surface area contributed by atoms with E-state index < -0.39 is 0 Å². The number of benzene rings is 1. The molecule has 1 aliphatic heterocycles. The zero-order chi connectivity index (χ0) is 18.7. The van der Waals surface area contributed by atoms with E-state index in [4.69, 9.17) is 4.74 Å². The summed E-state index contributed by atoms with van der Waals surface area (Å²) in [5.74, 6) is 1.17. The van der Waals surface area contributed by atoms with Crippen LogP contribution >= 0.6 is 0 Å². The largest absolute Gasteiger partial charge is 0.493 e. The number of hydrogen-bond acceptors (Lipinski definition) is 4. The zero-order valence-electron chi connectivity index (χ0n) is 15.5. The van der Waals surface area contributed by atoms with E-state index in [2.05, 4.69) is 16.5 Å². The van der Waals surface area contributed by atoms with Crippen molar-refractivity contribution in [1.29, 1.82) is 0 Å². The van der Waals surface area contributed by atoms with Crippen molar-refractivity contribution in [2.24, 2.45) is 5.92 Å². The van der Waals surface area contributed by atoms with E-state index in [0.717, 1.165) is 24.3 Å². The number of nitrogens with one attached hydrogen (secondary N) is 1. The fourth-order valence-electron chi connectivity index (χ4n) is 3.55. The Labute approximate surface area is 153 Å². The van der Waals surface area contributed by atoms with Crippen LogP contribution in [0.5, 0.6) is 5.75 Å². The van der Waals surface area contributed by atoms with Crippen molar-refractivity contribution >= 4 is 11.7 Å². The van der Waals surface area contributed by atoms with Gasteiger partial charge in [-0.25, -0.2) is 0 Å². The Morgan fingerprint density at radius 3 is 2.81 bits per heavy atom. The molecule has 1 N–H and O–H groups in total. The van der Waals surface area contributed by atoms with Crippen molar-refractivity contribution in [2.75, 3.05) is 13.2 Å². The van der Waals surface area contributed by atoms with Crippen molar-refractivity contribution in [2.45, 2.75) is 40.2 Å². The molecule has 6 heteroatoms. The number of Topliss-reactive ketones (excluding diaryl/α,β-unsaturated/α-hetero) is 1.